The van der Waals surface area contributed by atoms with Crippen LogP contribution < -0.4 is 5.32 Å². The number of amides is 1. The second-order valence-corrected chi connectivity index (χ2v) is 8.34. The number of para-hydroxylation sites is 1. The predicted molar refractivity (Wildman–Crippen MR) is 117 cm³/mol. The number of benzene rings is 2. The molecule has 1 N–H and O–H groups in total. The fraction of sp³-hybridized carbons (Fsp3) is 0.261. The molecule has 0 aliphatic carbocycles. The SMILES string of the molecule is Cc1cc(-c2ccccc2)nc(SC(C)C(=O)Nc2ccccc2C(C)C)n1. The summed E-state index contributed by atoms with van der Waals surface area (Å²) in [6.07, 6.45) is 0. The van der Waals surface area contributed by atoms with Gasteiger partial charge < -0.3 is 5.32 Å². The number of hydrogen-bond donors (Lipinski definition) is 1. The molecule has 3 rings (SSSR count). The van der Waals surface area contributed by atoms with E-state index in [-0.39, 0.29) is 11.2 Å². The molecule has 1 unspecified atom stereocenters. The monoisotopic (exact) mass is 391 g/mol. The molecule has 0 fully saturated rings. The average Bonchev–Trinajstić information content (AvgIpc) is 2.68. The Labute approximate surface area is 170 Å². The highest BCUT2D eigenvalue weighted by molar-refractivity contribution is 8.00. The third-order valence-electron chi connectivity index (χ3n) is 4.40. The van der Waals surface area contributed by atoms with Crippen LogP contribution in [0.25, 0.3) is 11.3 Å². The lowest BCUT2D eigenvalue weighted by atomic mass is 10.0. The zero-order chi connectivity index (χ0) is 20.1. The molecule has 1 heterocycles. The van der Waals surface area contributed by atoms with Crippen molar-refractivity contribution in [3.8, 4) is 11.3 Å². The van der Waals surface area contributed by atoms with Gasteiger partial charge in [0.15, 0.2) is 5.16 Å². The largest absolute Gasteiger partial charge is 0.325 e. The number of carbonyl (C=O) groups is 1. The molecule has 4 nitrogen and oxygen atoms in total. The summed E-state index contributed by atoms with van der Waals surface area (Å²) in [5.41, 5.74) is 4.79. The molecular weight excluding hydrogens is 366 g/mol. The summed E-state index contributed by atoms with van der Waals surface area (Å²) in [5.74, 6) is 0.289. The number of carbonyl (C=O) groups excluding carboxylic acids is 1. The van der Waals surface area contributed by atoms with E-state index in [1.165, 1.54) is 11.8 Å². The van der Waals surface area contributed by atoms with Gasteiger partial charge >= 0.3 is 0 Å². The number of hydrogen-bond acceptors (Lipinski definition) is 4. The Hall–Kier alpha value is -2.66. The Morgan fingerprint density at radius 1 is 0.964 bits per heavy atom. The minimum atomic E-state index is -0.314. The van der Waals surface area contributed by atoms with Crippen molar-refractivity contribution in [2.24, 2.45) is 0 Å². The standard InChI is InChI=1S/C23H25N3OS/c1-15(2)19-12-8-9-13-20(19)25-22(27)17(4)28-23-24-16(3)14-21(26-23)18-10-6-5-7-11-18/h5-15,17H,1-4H3,(H,25,27). The van der Waals surface area contributed by atoms with Crippen molar-refractivity contribution in [1.29, 1.82) is 0 Å². The fourth-order valence-corrected chi connectivity index (χ4v) is 3.74. The average molecular weight is 392 g/mol. The van der Waals surface area contributed by atoms with E-state index >= 15 is 0 Å². The number of rotatable bonds is 6. The van der Waals surface area contributed by atoms with E-state index in [4.69, 9.17) is 0 Å². The molecule has 2 aromatic carbocycles. The first-order chi connectivity index (χ1) is 13.4. The first kappa shape index (κ1) is 20.1. The minimum Gasteiger partial charge on any atom is -0.325 e. The summed E-state index contributed by atoms with van der Waals surface area (Å²) < 4.78 is 0. The summed E-state index contributed by atoms with van der Waals surface area (Å²) in [7, 11) is 0. The van der Waals surface area contributed by atoms with Crippen LogP contribution in [0.4, 0.5) is 5.69 Å². The van der Waals surface area contributed by atoms with Crippen molar-refractivity contribution in [1.82, 2.24) is 9.97 Å². The highest BCUT2D eigenvalue weighted by atomic mass is 32.2. The molecule has 0 aliphatic rings. The molecule has 0 radical (unpaired) electrons. The van der Waals surface area contributed by atoms with Crippen molar-refractivity contribution in [3.63, 3.8) is 0 Å². The van der Waals surface area contributed by atoms with Crippen LogP contribution in [0.5, 0.6) is 0 Å². The lowest BCUT2D eigenvalue weighted by Gasteiger charge is -2.16. The van der Waals surface area contributed by atoms with Gasteiger partial charge in [-0.25, -0.2) is 9.97 Å². The van der Waals surface area contributed by atoms with Crippen LogP contribution in [-0.2, 0) is 4.79 Å². The molecule has 0 aliphatic heterocycles. The lowest BCUT2D eigenvalue weighted by Crippen LogP contribution is -2.23. The number of nitrogens with one attached hydrogen (secondary N) is 1. The Balaban J connectivity index is 1.75. The summed E-state index contributed by atoms with van der Waals surface area (Å²) in [4.78, 5) is 21.9. The Bertz CT molecular complexity index is 957. The van der Waals surface area contributed by atoms with E-state index in [0.29, 0.717) is 11.1 Å². The minimum absolute atomic E-state index is 0.0514. The summed E-state index contributed by atoms with van der Waals surface area (Å²) in [6, 6.07) is 19.9. The van der Waals surface area contributed by atoms with Crippen LogP contribution in [0.15, 0.2) is 65.8 Å². The van der Waals surface area contributed by atoms with Crippen molar-refractivity contribution >= 4 is 23.4 Å². The van der Waals surface area contributed by atoms with Gasteiger partial charge in [0.1, 0.15) is 0 Å². The van der Waals surface area contributed by atoms with Crippen molar-refractivity contribution in [2.75, 3.05) is 5.32 Å². The summed E-state index contributed by atoms with van der Waals surface area (Å²) >= 11 is 1.37. The normalized spacial score (nSPS) is 12.0. The second kappa shape index (κ2) is 9.02. The van der Waals surface area contributed by atoms with Gasteiger partial charge in [0.05, 0.1) is 10.9 Å². The van der Waals surface area contributed by atoms with Crippen LogP contribution in [-0.4, -0.2) is 21.1 Å². The Morgan fingerprint density at radius 2 is 1.64 bits per heavy atom. The van der Waals surface area contributed by atoms with Crippen LogP contribution in [0.2, 0.25) is 0 Å². The molecule has 0 saturated heterocycles. The highest BCUT2D eigenvalue weighted by Gasteiger charge is 2.18. The Morgan fingerprint density at radius 3 is 2.36 bits per heavy atom. The van der Waals surface area contributed by atoms with E-state index in [0.717, 1.165) is 28.2 Å². The van der Waals surface area contributed by atoms with Crippen LogP contribution in [0, 0.1) is 6.92 Å². The van der Waals surface area contributed by atoms with Gasteiger partial charge in [0.2, 0.25) is 5.91 Å². The zero-order valence-corrected chi connectivity index (χ0v) is 17.5. The van der Waals surface area contributed by atoms with Crippen molar-refractivity contribution in [2.45, 2.75) is 44.0 Å². The number of nitrogens with zero attached hydrogens (tertiary/aromatic N) is 2. The zero-order valence-electron chi connectivity index (χ0n) is 16.6. The van der Waals surface area contributed by atoms with Crippen LogP contribution >= 0.6 is 11.8 Å². The first-order valence-electron chi connectivity index (χ1n) is 9.41. The van der Waals surface area contributed by atoms with E-state index in [9.17, 15) is 4.79 Å². The van der Waals surface area contributed by atoms with Gasteiger partial charge in [0, 0.05) is 16.9 Å². The molecule has 144 valence electrons. The van der Waals surface area contributed by atoms with Crippen molar-refractivity contribution in [3.05, 3.63) is 71.9 Å². The number of anilines is 1. The van der Waals surface area contributed by atoms with Crippen LogP contribution in [0.1, 0.15) is 37.9 Å². The molecule has 0 bridgehead atoms. The Kier molecular flexibility index (Phi) is 6.47. The maximum atomic E-state index is 12.7. The summed E-state index contributed by atoms with van der Waals surface area (Å²) in [5, 5.41) is 3.35. The smallest absolute Gasteiger partial charge is 0.237 e. The molecule has 0 spiro atoms. The number of aromatic nitrogens is 2. The van der Waals surface area contributed by atoms with Gasteiger partial charge in [-0.3, -0.25) is 4.79 Å². The predicted octanol–water partition coefficient (Wildman–Crippen LogP) is 5.69. The molecule has 5 heteroatoms. The first-order valence-corrected chi connectivity index (χ1v) is 10.3. The van der Waals surface area contributed by atoms with E-state index in [1.807, 2.05) is 74.5 Å². The third-order valence-corrected chi connectivity index (χ3v) is 5.36. The van der Waals surface area contributed by atoms with E-state index < -0.39 is 0 Å². The maximum absolute atomic E-state index is 12.7. The lowest BCUT2D eigenvalue weighted by molar-refractivity contribution is -0.115. The molecule has 1 aromatic heterocycles. The third kappa shape index (κ3) is 4.98. The summed E-state index contributed by atoms with van der Waals surface area (Å²) in [6.45, 7) is 8.07. The van der Waals surface area contributed by atoms with Crippen LogP contribution in [0.3, 0.4) is 0 Å². The quantitative estimate of drug-likeness (QED) is 0.433. The highest BCUT2D eigenvalue weighted by Crippen LogP contribution is 2.27. The molecule has 28 heavy (non-hydrogen) atoms. The van der Waals surface area contributed by atoms with Gasteiger partial charge in [0.25, 0.3) is 0 Å². The van der Waals surface area contributed by atoms with Gasteiger partial charge in [-0.05, 0) is 37.5 Å². The molecule has 0 saturated carbocycles. The maximum Gasteiger partial charge on any atom is 0.237 e. The van der Waals surface area contributed by atoms with Gasteiger partial charge in [-0.15, -0.1) is 0 Å². The van der Waals surface area contributed by atoms with Crippen molar-refractivity contribution < 1.29 is 4.79 Å². The second-order valence-electron chi connectivity index (χ2n) is 7.03. The van der Waals surface area contributed by atoms with E-state index in [1.54, 1.807) is 0 Å². The number of thioether (sulfide) groups is 1. The molecular formula is C23H25N3OS. The topological polar surface area (TPSA) is 54.9 Å². The number of aryl methyl sites for hydroxylation is 1. The van der Waals surface area contributed by atoms with Gasteiger partial charge in [-0.1, -0.05) is 74.1 Å². The van der Waals surface area contributed by atoms with Gasteiger partial charge in [-0.2, -0.15) is 0 Å². The molecule has 1 amide bonds. The molecule has 3 aromatic rings. The fourth-order valence-electron chi connectivity index (χ4n) is 2.91. The molecule has 1 atom stereocenters. The van der Waals surface area contributed by atoms with E-state index in [2.05, 4.69) is 29.1 Å².